The molecule has 0 spiro atoms. The zero-order valence-corrected chi connectivity index (χ0v) is 15.3. The van der Waals surface area contributed by atoms with Crippen LogP contribution < -0.4 is 10.2 Å². The number of para-hydroxylation sites is 1. The SMILES string of the molecule is CC(C)CN(C)c1nc(NCC2CCCCC2)c2ccccc2n1. The molecule has 0 aliphatic heterocycles. The topological polar surface area (TPSA) is 41.1 Å². The number of hydrogen-bond acceptors (Lipinski definition) is 4. The van der Waals surface area contributed by atoms with Crippen LogP contribution in [0.2, 0.25) is 0 Å². The first-order valence-corrected chi connectivity index (χ1v) is 9.35. The molecule has 4 heteroatoms. The van der Waals surface area contributed by atoms with Gasteiger partial charge in [0.1, 0.15) is 5.82 Å². The lowest BCUT2D eigenvalue weighted by atomic mass is 9.89. The van der Waals surface area contributed by atoms with Crippen LogP contribution in [0.4, 0.5) is 11.8 Å². The third-order valence-electron chi connectivity index (χ3n) is 4.85. The number of nitrogens with one attached hydrogen (secondary N) is 1. The summed E-state index contributed by atoms with van der Waals surface area (Å²) >= 11 is 0. The third kappa shape index (κ3) is 4.16. The van der Waals surface area contributed by atoms with Crippen molar-refractivity contribution in [3.8, 4) is 0 Å². The fraction of sp³-hybridized carbons (Fsp3) is 0.600. The van der Waals surface area contributed by atoms with Crippen molar-refractivity contribution in [2.45, 2.75) is 46.0 Å². The standard InChI is InChI=1S/C20H30N4/c1-15(2)14-24(3)20-22-18-12-8-7-11-17(18)19(23-20)21-13-16-9-5-4-6-10-16/h7-8,11-12,15-16H,4-6,9-10,13-14H2,1-3H3,(H,21,22,23). The Morgan fingerprint density at radius 2 is 1.88 bits per heavy atom. The van der Waals surface area contributed by atoms with Crippen LogP contribution in [0.15, 0.2) is 24.3 Å². The molecule has 1 aliphatic carbocycles. The van der Waals surface area contributed by atoms with Crippen LogP contribution in [-0.2, 0) is 0 Å². The zero-order valence-electron chi connectivity index (χ0n) is 15.3. The molecule has 1 N–H and O–H groups in total. The number of benzene rings is 1. The number of rotatable bonds is 6. The van der Waals surface area contributed by atoms with E-state index in [9.17, 15) is 0 Å². The van der Waals surface area contributed by atoms with E-state index >= 15 is 0 Å². The smallest absolute Gasteiger partial charge is 0.227 e. The van der Waals surface area contributed by atoms with Crippen LogP contribution in [0, 0.1) is 11.8 Å². The molecule has 1 heterocycles. The van der Waals surface area contributed by atoms with E-state index in [1.54, 1.807) is 0 Å². The molecule has 0 radical (unpaired) electrons. The first kappa shape index (κ1) is 17.0. The first-order valence-electron chi connectivity index (χ1n) is 9.35. The molecule has 1 aromatic carbocycles. The average molecular weight is 326 g/mol. The average Bonchev–Trinajstić information content (AvgIpc) is 2.59. The van der Waals surface area contributed by atoms with Gasteiger partial charge in [-0.05, 0) is 36.8 Å². The summed E-state index contributed by atoms with van der Waals surface area (Å²) in [5.74, 6) is 3.17. The van der Waals surface area contributed by atoms with Gasteiger partial charge < -0.3 is 10.2 Å². The number of anilines is 2. The summed E-state index contributed by atoms with van der Waals surface area (Å²) in [7, 11) is 2.08. The van der Waals surface area contributed by atoms with Crippen molar-refractivity contribution in [3.05, 3.63) is 24.3 Å². The van der Waals surface area contributed by atoms with E-state index < -0.39 is 0 Å². The Kier molecular flexibility index (Phi) is 5.54. The predicted molar refractivity (Wildman–Crippen MR) is 103 cm³/mol. The Balaban J connectivity index is 1.83. The van der Waals surface area contributed by atoms with Gasteiger partial charge in [0.15, 0.2) is 0 Å². The maximum Gasteiger partial charge on any atom is 0.227 e. The summed E-state index contributed by atoms with van der Waals surface area (Å²) in [6, 6.07) is 8.31. The number of aromatic nitrogens is 2. The fourth-order valence-electron chi connectivity index (χ4n) is 3.63. The molecule has 0 saturated heterocycles. The van der Waals surface area contributed by atoms with Gasteiger partial charge in [-0.3, -0.25) is 0 Å². The van der Waals surface area contributed by atoms with Crippen molar-refractivity contribution in [2.75, 3.05) is 30.4 Å². The summed E-state index contributed by atoms with van der Waals surface area (Å²) in [6.45, 7) is 6.42. The van der Waals surface area contributed by atoms with Crippen LogP contribution in [0.5, 0.6) is 0 Å². The summed E-state index contributed by atoms with van der Waals surface area (Å²) in [5.41, 5.74) is 1.02. The van der Waals surface area contributed by atoms with Gasteiger partial charge in [0, 0.05) is 25.5 Å². The molecule has 4 nitrogen and oxygen atoms in total. The van der Waals surface area contributed by atoms with Gasteiger partial charge in [0.05, 0.1) is 5.52 Å². The number of fused-ring (bicyclic) bond motifs is 1. The van der Waals surface area contributed by atoms with Gasteiger partial charge in [-0.1, -0.05) is 45.2 Å². The Morgan fingerprint density at radius 3 is 2.62 bits per heavy atom. The highest BCUT2D eigenvalue weighted by atomic mass is 15.2. The van der Waals surface area contributed by atoms with Gasteiger partial charge in [-0.2, -0.15) is 4.98 Å². The minimum absolute atomic E-state index is 0.587. The molecule has 24 heavy (non-hydrogen) atoms. The largest absolute Gasteiger partial charge is 0.369 e. The minimum Gasteiger partial charge on any atom is -0.369 e. The summed E-state index contributed by atoms with van der Waals surface area (Å²) in [6.07, 6.45) is 6.84. The van der Waals surface area contributed by atoms with Crippen molar-refractivity contribution >= 4 is 22.7 Å². The highest BCUT2D eigenvalue weighted by molar-refractivity contribution is 5.90. The molecule has 1 aliphatic rings. The molecule has 0 amide bonds. The summed E-state index contributed by atoms with van der Waals surface area (Å²) in [5, 5.41) is 4.75. The lowest BCUT2D eigenvalue weighted by Crippen LogP contribution is -2.25. The second-order valence-electron chi connectivity index (χ2n) is 7.55. The quantitative estimate of drug-likeness (QED) is 0.834. The van der Waals surface area contributed by atoms with Gasteiger partial charge >= 0.3 is 0 Å². The number of hydrogen-bond donors (Lipinski definition) is 1. The molecule has 1 saturated carbocycles. The maximum absolute atomic E-state index is 4.84. The van der Waals surface area contributed by atoms with Crippen LogP contribution in [-0.4, -0.2) is 30.1 Å². The Labute approximate surface area is 145 Å². The van der Waals surface area contributed by atoms with Gasteiger partial charge in [-0.15, -0.1) is 0 Å². The zero-order chi connectivity index (χ0) is 16.9. The van der Waals surface area contributed by atoms with Crippen LogP contribution >= 0.6 is 0 Å². The number of nitrogens with zero attached hydrogens (tertiary/aromatic N) is 3. The molecule has 0 bridgehead atoms. The Bertz CT molecular complexity index is 662. The van der Waals surface area contributed by atoms with Gasteiger partial charge in [-0.25, -0.2) is 4.98 Å². The molecule has 0 atom stereocenters. The van der Waals surface area contributed by atoms with E-state index in [1.165, 1.54) is 32.1 Å². The predicted octanol–water partition coefficient (Wildman–Crippen LogP) is 4.71. The van der Waals surface area contributed by atoms with Crippen LogP contribution in [0.25, 0.3) is 10.9 Å². The third-order valence-corrected chi connectivity index (χ3v) is 4.85. The van der Waals surface area contributed by atoms with Crippen LogP contribution in [0.3, 0.4) is 0 Å². The highest BCUT2D eigenvalue weighted by Crippen LogP contribution is 2.27. The van der Waals surface area contributed by atoms with Crippen molar-refractivity contribution in [1.82, 2.24) is 9.97 Å². The summed E-state index contributed by atoms with van der Waals surface area (Å²) in [4.78, 5) is 11.8. The van der Waals surface area contributed by atoms with E-state index in [0.29, 0.717) is 5.92 Å². The molecule has 1 fully saturated rings. The summed E-state index contributed by atoms with van der Waals surface area (Å²) < 4.78 is 0. The van der Waals surface area contributed by atoms with Crippen LogP contribution in [0.1, 0.15) is 46.0 Å². The molecular formula is C20H30N4. The van der Waals surface area contributed by atoms with E-state index in [4.69, 9.17) is 9.97 Å². The molecule has 130 valence electrons. The monoisotopic (exact) mass is 326 g/mol. The maximum atomic E-state index is 4.84. The van der Waals surface area contributed by atoms with E-state index in [1.807, 2.05) is 6.07 Å². The Morgan fingerprint density at radius 1 is 1.12 bits per heavy atom. The molecule has 3 rings (SSSR count). The minimum atomic E-state index is 0.587. The van der Waals surface area contributed by atoms with Gasteiger partial charge in [0.25, 0.3) is 0 Å². The first-order chi connectivity index (χ1) is 11.6. The van der Waals surface area contributed by atoms with Crippen molar-refractivity contribution < 1.29 is 0 Å². The lowest BCUT2D eigenvalue weighted by molar-refractivity contribution is 0.373. The van der Waals surface area contributed by atoms with Crippen molar-refractivity contribution in [3.63, 3.8) is 0 Å². The van der Waals surface area contributed by atoms with E-state index in [-0.39, 0.29) is 0 Å². The lowest BCUT2D eigenvalue weighted by Gasteiger charge is -2.24. The van der Waals surface area contributed by atoms with E-state index in [0.717, 1.165) is 41.7 Å². The molecule has 0 unspecified atom stereocenters. The normalized spacial score (nSPS) is 15.8. The molecule has 1 aromatic heterocycles. The highest BCUT2D eigenvalue weighted by Gasteiger charge is 2.15. The molecular weight excluding hydrogens is 296 g/mol. The molecule has 2 aromatic rings. The van der Waals surface area contributed by atoms with Crippen molar-refractivity contribution in [2.24, 2.45) is 11.8 Å². The van der Waals surface area contributed by atoms with Gasteiger partial charge in [0.2, 0.25) is 5.95 Å². The Hall–Kier alpha value is -1.84. The van der Waals surface area contributed by atoms with Crippen molar-refractivity contribution in [1.29, 1.82) is 0 Å². The second-order valence-corrected chi connectivity index (χ2v) is 7.55. The second kappa shape index (κ2) is 7.82. The fourth-order valence-corrected chi connectivity index (χ4v) is 3.63. The van der Waals surface area contributed by atoms with E-state index in [2.05, 4.69) is 49.3 Å².